The molecule has 0 aromatic carbocycles. The van der Waals surface area contributed by atoms with Gasteiger partial charge in [-0.05, 0) is 0 Å². The normalized spacial score (nSPS) is 6.60. The van der Waals surface area contributed by atoms with Gasteiger partial charge in [-0.3, -0.25) is 4.57 Å². The predicted octanol–water partition coefficient (Wildman–Crippen LogP) is -4.55. The molecule has 0 radical (unpaired) electrons. The molecule has 0 atom stereocenters. The van der Waals surface area contributed by atoms with E-state index in [4.69, 9.17) is 29.6 Å². The first-order valence-electron chi connectivity index (χ1n) is 1.21. The van der Waals surface area contributed by atoms with Gasteiger partial charge >= 0.3 is 29.6 Å². The molecule has 56 valence electrons. The molecule has 0 amide bonds. The molecule has 9 heteroatoms. The molecular weight excluding hydrogens is 174 g/mol. The molecule has 0 unspecified atom stereocenters. The van der Waals surface area contributed by atoms with Crippen molar-refractivity contribution in [2.75, 3.05) is 0 Å². The van der Waals surface area contributed by atoms with Crippen molar-refractivity contribution in [3.8, 4) is 6.26 Å². The van der Waals surface area contributed by atoms with E-state index in [0.717, 1.165) is 6.26 Å². The summed E-state index contributed by atoms with van der Waals surface area (Å²) in [7, 11) is -4.89. The Kier molecular flexibility index (Phi) is 27.1. The van der Waals surface area contributed by atoms with Gasteiger partial charge in [0.25, 0.3) is 14.1 Å². The zero-order valence-electron chi connectivity index (χ0n) is 5.26. The number of nitrogens with zero attached hydrogens (tertiary/aromatic N) is 1. The molecule has 0 saturated carbocycles. The monoisotopic (exact) mass is 180 g/mol. The van der Waals surface area contributed by atoms with Crippen LogP contribution in [0.2, 0.25) is 0 Å². The zero-order valence-corrected chi connectivity index (χ0v) is 8.15. The van der Waals surface area contributed by atoms with Crippen LogP contribution in [0.5, 0.6) is 0 Å². The molecule has 0 aliphatic rings. The summed E-state index contributed by atoms with van der Waals surface area (Å²) >= 11 is 0. The van der Waals surface area contributed by atoms with E-state index in [1.165, 1.54) is 0 Å². The molecule has 10 heavy (non-hydrogen) atoms. The number of aliphatic hydroxyl groups excluding tert-OH is 1. The molecule has 0 spiro atoms. The number of hydrogen-bond acceptors (Lipinski definition) is 5. The number of rotatable bonds is 0. The van der Waals surface area contributed by atoms with Crippen molar-refractivity contribution >= 4 is 7.82 Å². The molecule has 0 aromatic rings. The average molecular weight is 180 g/mol. The van der Waals surface area contributed by atoms with Gasteiger partial charge in [-0.1, -0.05) is 0 Å². The van der Waals surface area contributed by atoms with Crippen molar-refractivity contribution in [3.63, 3.8) is 0 Å². The summed E-state index contributed by atoms with van der Waals surface area (Å²) in [4.78, 5) is 22.9. The fraction of sp³-hybridized carbons (Fsp3) is 0. The number of nitriles is 1. The summed E-state index contributed by atoms with van der Waals surface area (Å²) in [5.41, 5.74) is 0. The van der Waals surface area contributed by atoms with Crippen LogP contribution in [0.4, 0.5) is 0 Å². The van der Waals surface area contributed by atoms with Gasteiger partial charge < -0.3 is 25.9 Å². The van der Waals surface area contributed by atoms with Gasteiger partial charge in [0.1, 0.15) is 0 Å². The quantitative estimate of drug-likeness (QED) is 0.166. The topological polar surface area (TPSA) is 160 Å². The molecule has 0 aliphatic carbocycles. The molecule has 7 nitrogen and oxygen atoms in total. The minimum absolute atomic E-state index is 0. The minimum Gasteiger partial charge on any atom is -0.756 e. The van der Waals surface area contributed by atoms with Crippen molar-refractivity contribution in [1.82, 2.24) is 6.15 Å². The van der Waals surface area contributed by atoms with Gasteiger partial charge in [0.15, 0.2) is 0 Å². The number of aliphatic hydroxyl groups is 1. The maximum Gasteiger partial charge on any atom is 1.00 e. The van der Waals surface area contributed by atoms with Crippen molar-refractivity contribution in [2.24, 2.45) is 0 Å². The summed E-state index contributed by atoms with van der Waals surface area (Å²) in [6, 6.07) is 0. The Morgan fingerprint density at radius 3 is 1.50 bits per heavy atom. The largest absolute Gasteiger partial charge is 1.00 e. The Labute approximate surface area is 79.4 Å². The van der Waals surface area contributed by atoms with Gasteiger partial charge in [-0.25, -0.2) is 0 Å². The van der Waals surface area contributed by atoms with E-state index in [1.807, 2.05) is 0 Å². The third kappa shape index (κ3) is 3490. The Morgan fingerprint density at radius 2 is 1.50 bits per heavy atom. The van der Waals surface area contributed by atoms with Crippen LogP contribution in [-0.4, -0.2) is 14.9 Å². The summed E-state index contributed by atoms with van der Waals surface area (Å²) in [5, 5.41) is 13.8. The van der Waals surface area contributed by atoms with Crippen LogP contribution in [0.3, 0.4) is 0 Å². The fourth-order valence-electron chi connectivity index (χ4n) is 0. The molecule has 6 N–H and O–H groups in total. The van der Waals surface area contributed by atoms with E-state index in [2.05, 4.69) is 0 Å². The van der Waals surface area contributed by atoms with Crippen LogP contribution in [-0.2, 0) is 4.57 Å². The van der Waals surface area contributed by atoms with E-state index in [-0.39, 0.29) is 35.7 Å². The van der Waals surface area contributed by atoms with Crippen LogP contribution >= 0.6 is 7.82 Å². The van der Waals surface area contributed by atoms with E-state index >= 15 is 0 Å². The average Bonchev–Trinajstić information content (AvgIpc) is 1.27. The van der Waals surface area contributed by atoms with E-state index in [1.54, 1.807) is 0 Å². The van der Waals surface area contributed by atoms with Gasteiger partial charge in [0.05, 0.1) is 0 Å². The van der Waals surface area contributed by atoms with Crippen molar-refractivity contribution in [2.45, 2.75) is 0 Å². The van der Waals surface area contributed by atoms with Gasteiger partial charge in [-0.15, -0.1) is 0 Å². The van der Waals surface area contributed by atoms with Crippen molar-refractivity contribution < 1.29 is 53.9 Å². The minimum atomic E-state index is -4.89. The Bertz CT molecular complexity index is 118. The van der Waals surface area contributed by atoms with Gasteiger partial charge in [0.2, 0.25) is 0 Å². The second kappa shape index (κ2) is 12.1. The summed E-state index contributed by atoms with van der Waals surface area (Å²) in [6.07, 6.45) is 0.750. The molecule has 0 aliphatic heterocycles. The maximum absolute atomic E-state index is 8.77. The number of phosphoric acid groups is 1. The molecule has 0 saturated heterocycles. The van der Waals surface area contributed by atoms with Crippen LogP contribution in [0.1, 0.15) is 0 Å². The van der Waals surface area contributed by atoms with Gasteiger partial charge in [0, 0.05) is 0 Å². The van der Waals surface area contributed by atoms with Gasteiger partial charge in [-0.2, -0.15) is 5.26 Å². The first-order chi connectivity index (χ1) is 3.41. The summed E-state index contributed by atoms with van der Waals surface area (Å²) < 4.78 is 8.77. The molecule has 0 fully saturated rings. The van der Waals surface area contributed by atoms with Crippen molar-refractivity contribution in [1.29, 1.82) is 5.26 Å². The van der Waals surface area contributed by atoms with Crippen LogP contribution in [0.15, 0.2) is 0 Å². The SMILES string of the molecule is N.N#CO.O=P([O-])(O)O.[Na+]. The molecule has 0 rings (SSSR count). The van der Waals surface area contributed by atoms with E-state index in [9.17, 15) is 0 Å². The van der Waals surface area contributed by atoms with Crippen LogP contribution in [0.25, 0.3) is 0 Å². The zero-order chi connectivity index (χ0) is 7.21. The maximum atomic E-state index is 8.77. The molecular formula is CH6N2NaO5P. The third-order valence-corrected chi connectivity index (χ3v) is 0. The molecule has 0 aromatic heterocycles. The summed E-state index contributed by atoms with van der Waals surface area (Å²) in [6.45, 7) is 0. The Morgan fingerprint density at radius 1 is 1.50 bits per heavy atom. The smallest absolute Gasteiger partial charge is 0.756 e. The summed E-state index contributed by atoms with van der Waals surface area (Å²) in [5.74, 6) is 0. The molecule has 0 heterocycles. The first kappa shape index (κ1) is 22.4. The Hall–Kier alpha value is 0.360. The fourth-order valence-corrected chi connectivity index (χ4v) is 0. The third-order valence-electron chi connectivity index (χ3n) is 0. The second-order valence-corrected chi connectivity index (χ2v) is 1.57. The van der Waals surface area contributed by atoms with Crippen LogP contribution in [0, 0.1) is 11.5 Å². The molecule has 0 bridgehead atoms. The standard InChI is InChI=1S/CHNO.H3N.Na.H3O4P/c2-1-3;;;1-5(2,3)4/h3H;1H3;;(H3,1,2,3,4)/q;;+1;/p-1. The second-order valence-electron chi connectivity index (χ2n) is 0.591. The first-order valence-corrected chi connectivity index (χ1v) is 2.74. The van der Waals surface area contributed by atoms with E-state index < -0.39 is 7.82 Å². The Balaban J connectivity index is -0.0000000326. The van der Waals surface area contributed by atoms with Crippen molar-refractivity contribution in [3.05, 3.63) is 0 Å². The van der Waals surface area contributed by atoms with Crippen LogP contribution < -0.4 is 40.6 Å². The predicted molar refractivity (Wildman–Crippen MR) is 24.6 cm³/mol. The number of hydrogen-bond donors (Lipinski definition) is 4. The van der Waals surface area contributed by atoms with E-state index in [0.29, 0.717) is 0 Å².